The van der Waals surface area contributed by atoms with Gasteiger partial charge in [-0.25, -0.2) is 16.8 Å². The van der Waals surface area contributed by atoms with Crippen molar-refractivity contribution in [2.75, 3.05) is 43.9 Å². The van der Waals surface area contributed by atoms with Crippen LogP contribution in [0.3, 0.4) is 0 Å². The van der Waals surface area contributed by atoms with Crippen molar-refractivity contribution in [3.05, 3.63) is 47.5 Å². The van der Waals surface area contributed by atoms with Gasteiger partial charge in [0.25, 0.3) is 0 Å². The predicted molar refractivity (Wildman–Crippen MR) is 142 cm³/mol. The molecular weight excluding hydrogens is 542 g/mol. The number of anilines is 1. The normalized spacial score (nSPS) is 15.2. The lowest BCUT2D eigenvalue weighted by Gasteiger charge is -2.30. The summed E-state index contributed by atoms with van der Waals surface area (Å²) >= 11 is 6.18. The average molecular weight is 574 g/mol. The molecule has 0 aliphatic carbocycles. The Kier molecular flexibility index (Phi) is 9.68. The van der Waals surface area contributed by atoms with Crippen LogP contribution in [0.1, 0.15) is 26.2 Å². The number of nitrogens with zero attached hydrogens (tertiary/aromatic N) is 2. The summed E-state index contributed by atoms with van der Waals surface area (Å²) in [5.74, 6) is 0.345. The summed E-state index contributed by atoms with van der Waals surface area (Å²) in [5, 5.41) is 2.92. The number of carbonyl (C=O) groups is 1. The van der Waals surface area contributed by atoms with E-state index in [1.165, 1.54) is 41.7 Å². The highest BCUT2D eigenvalue weighted by atomic mass is 35.5. The standard InChI is InChI=1S/C24H32ClN3O7S2/c1-4-22(28(36(3,30)31)18-7-12-23(34-2)21(25)17-18)24(29)26-13-16-35-19-8-10-20(11-9-19)37(32,33)27-14-5-6-15-27/h7-12,17,22H,4-6,13-16H2,1-3H3,(H,26,29). The first-order valence-electron chi connectivity index (χ1n) is 11.8. The number of hydrogen-bond donors (Lipinski definition) is 1. The third-order valence-electron chi connectivity index (χ3n) is 5.92. The van der Waals surface area contributed by atoms with Crippen LogP contribution in [-0.2, 0) is 24.8 Å². The van der Waals surface area contributed by atoms with E-state index in [4.69, 9.17) is 21.1 Å². The Morgan fingerprint density at radius 1 is 1.11 bits per heavy atom. The van der Waals surface area contributed by atoms with Gasteiger partial charge in [-0.1, -0.05) is 18.5 Å². The van der Waals surface area contributed by atoms with Gasteiger partial charge < -0.3 is 14.8 Å². The van der Waals surface area contributed by atoms with Crippen LogP contribution in [0.4, 0.5) is 5.69 Å². The zero-order valence-electron chi connectivity index (χ0n) is 21.0. The van der Waals surface area contributed by atoms with Crippen molar-refractivity contribution < 1.29 is 31.1 Å². The zero-order valence-corrected chi connectivity index (χ0v) is 23.4. The monoisotopic (exact) mass is 573 g/mol. The van der Waals surface area contributed by atoms with Gasteiger partial charge in [0.15, 0.2) is 0 Å². The number of benzene rings is 2. The van der Waals surface area contributed by atoms with Crippen LogP contribution in [-0.4, -0.2) is 72.7 Å². The molecule has 1 aliphatic rings. The summed E-state index contributed by atoms with van der Waals surface area (Å²) in [6.45, 7) is 2.99. The Morgan fingerprint density at radius 2 is 1.76 bits per heavy atom. The van der Waals surface area contributed by atoms with E-state index in [-0.39, 0.29) is 35.2 Å². The fourth-order valence-corrected chi connectivity index (χ4v) is 7.07. The van der Waals surface area contributed by atoms with E-state index in [1.807, 2.05) is 0 Å². The number of sulfonamides is 2. The SMILES string of the molecule is CCC(C(=O)NCCOc1ccc(S(=O)(=O)N2CCCC2)cc1)N(c1ccc(OC)c(Cl)c1)S(C)(=O)=O. The van der Waals surface area contributed by atoms with Gasteiger partial charge in [0.1, 0.15) is 24.1 Å². The molecule has 1 fully saturated rings. The van der Waals surface area contributed by atoms with E-state index in [9.17, 15) is 21.6 Å². The molecule has 1 N–H and O–H groups in total. The Bertz CT molecular complexity index is 1300. The predicted octanol–water partition coefficient (Wildman–Crippen LogP) is 2.87. The van der Waals surface area contributed by atoms with Crippen molar-refractivity contribution in [2.24, 2.45) is 0 Å². The molecule has 0 bridgehead atoms. The molecule has 3 rings (SSSR count). The minimum Gasteiger partial charge on any atom is -0.495 e. The smallest absolute Gasteiger partial charge is 0.244 e. The fourth-order valence-electron chi connectivity index (χ4n) is 4.10. The highest BCUT2D eigenvalue weighted by molar-refractivity contribution is 7.92. The third-order valence-corrected chi connectivity index (χ3v) is 9.30. The van der Waals surface area contributed by atoms with Gasteiger partial charge in [-0.2, -0.15) is 4.31 Å². The first kappa shape index (κ1) is 29.0. The van der Waals surface area contributed by atoms with Crippen molar-refractivity contribution in [2.45, 2.75) is 37.1 Å². The van der Waals surface area contributed by atoms with Gasteiger partial charge in [0, 0.05) is 13.1 Å². The fraction of sp³-hybridized carbons (Fsp3) is 0.458. The molecule has 2 aromatic rings. The minimum absolute atomic E-state index is 0.105. The van der Waals surface area contributed by atoms with Crippen LogP contribution in [0, 0.1) is 0 Å². The molecule has 13 heteroatoms. The van der Waals surface area contributed by atoms with E-state index in [0.29, 0.717) is 24.6 Å². The van der Waals surface area contributed by atoms with E-state index in [0.717, 1.165) is 23.4 Å². The van der Waals surface area contributed by atoms with Crippen LogP contribution < -0.4 is 19.1 Å². The molecule has 1 heterocycles. The largest absolute Gasteiger partial charge is 0.495 e. The van der Waals surface area contributed by atoms with E-state index in [1.54, 1.807) is 19.1 Å². The highest BCUT2D eigenvalue weighted by Crippen LogP contribution is 2.32. The molecule has 1 saturated heterocycles. The molecular formula is C24H32ClN3O7S2. The Balaban J connectivity index is 1.60. The lowest BCUT2D eigenvalue weighted by atomic mass is 10.2. The number of halogens is 1. The molecule has 0 radical (unpaired) electrons. The number of rotatable bonds is 12. The summed E-state index contributed by atoms with van der Waals surface area (Å²) in [4.78, 5) is 13.1. The van der Waals surface area contributed by atoms with Crippen molar-refractivity contribution in [3.63, 3.8) is 0 Å². The quantitative estimate of drug-likeness (QED) is 0.387. The molecule has 0 spiro atoms. The van der Waals surface area contributed by atoms with Crippen LogP contribution in [0.2, 0.25) is 5.02 Å². The van der Waals surface area contributed by atoms with Crippen molar-refractivity contribution in [1.29, 1.82) is 0 Å². The number of hydrogen-bond acceptors (Lipinski definition) is 7. The second-order valence-corrected chi connectivity index (χ2v) is 12.7. The summed E-state index contributed by atoms with van der Waals surface area (Å²) < 4.78 is 63.7. The summed E-state index contributed by atoms with van der Waals surface area (Å²) in [6.07, 6.45) is 2.97. The number of methoxy groups -OCH3 is 1. The molecule has 2 aromatic carbocycles. The van der Waals surface area contributed by atoms with Crippen molar-refractivity contribution >= 4 is 43.2 Å². The minimum atomic E-state index is -3.82. The molecule has 0 saturated carbocycles. The van der Waals surface area contributed by atoms with Crippen molar-refractivity contribution in [3.8, 4) is 11.5 Å². The molecule has 37 heavy (non-hydrogen) atoms. The van der Waals surface area contributed by atoms with Gasteiger partial charge >= 0.3 is 0 Å². The number of carbonyl (C=O) groups excluding carboxylic acids is 1. The first-order valence-corrected chi connectivity index (χ1v) is 15.5. The topological polar surface area (TPSA) is 122 Å². The maximum atomic E-state index is 12.9. The van der Waals surface area contributed by atoms with Gasteiger partial charge in [-0.3, -0.25) is 9.10 Å². The van der Waals surface area contributed by atoms with E-state index in [2.05, 4.69) is 5.32 Å². The number of ether oxygens (including phenoxy) is 2. The van der Waals surface area contributed by atoms with Gasteiger partial charge in [0.2, 0.25) is 26.0 Å². The van der Waals surface area contributed by atoms with Gasteiger partial charge in [0.05, 0.1) is 35.5 Å². The van der Waals surface area contributed by atoms with Crippen LogP contribution >= 0.6 is 11.6 Å². The number of amides is 1. The second kappa shape index (κ2) is 12.3. The average Bonchev–Trinajstić information content (AvgIpc) is 3.40. The summed E-state index contributed by atoms with van der Waals surface area (Å²) in [5.41, 5.74) is 0.246. The van der Waals surface area contributed by atoms with Crippen LogP contribution in [0.5, 0.6) is 11.5 Å². The first-order chi connectivity index (χ1) is 17.5. The third kappa shape index (κ3) is 7.07. The lowest BCUT2D eigenvalue weighted by Crippen LogP contribution is -2.50. The Labute approximate surface area is 223 Å². The summed E-state index contributed by atoms with van der Waals surface area (Å²) in [7, 11) is -5.87. The Hall–Kier alpha value is -2.54. The molecule has 0 aromatic heterocycles. The molecule has 1 aliphatic heterocycles. The zero-order chi connectivity index (χ0) is 27.2. The van der Waals surface area contributed by atoms with Crippen LogP contribution in [0.15, 0.2) is 47.4 Å². The molecule has 1 atom stereocenters. The van der Waals surface area contributed by atoms with Gasteiger partial charge in [-0.05, 0) is 61.7 Å². The maximum absolute atomic E-state index is 12.9. The second-order valence-electron chi connectivity index (χ2n) is 8.52. The van der Waals surface area contributed by atoms with E-state index >= 15 is 0 Å². The van der Waals surface area contributed by atoms with Crippen LogP contribution in [0.25, 0.3) is 0 Å². The highest BCUT2D eigenvalue weighted by Gasteiger charge is 2.32. The van der Waals surface area contributed by atoms with E-state index < -0.39 is 32.0 Å². The molecule has 10 nitrogen and oxygen atoms in total. The molecule has 204 valence electrons. The Morgan fingerprint density at radius 3 is 2.30 bits per heavy atom. The van der Waals surface area contributed by atoms with Crippen molar-refractivity contribution in [1.82, 2.24) is 9.62 Å². The molecule has 1 unspecified atom stereocenters. The summed E-state index contributed by atoms with van der Waals surface area (Å²) in [6, 6.07) is 9.63. The maximum Gasteiger partial charge on any atom is 0.244 e. The number of nitrogens with one attached hydrogen (secondary N) is 1. The van der Waals surface area contributed by atoms with Gasteiger partial charge in [-0.15, -0.1) is 0 Å². The molecule has 1 amide bonds. The lowest BCUT2D eigenvalue weighted by molar-refractivity contribution is -0.122.